The highest BCUT2D eigenvalue weighted by Crippen LogP contribution is 2.50. The van der Waals surface area contributed by atoms with E-state index in [0.29, 0.717) is 38.5 Å². The predicted octanol–water partition coefficient (Wildman–Crippen LogP) is 1.15. The van der Waals surface area contributed by atoms with E-state index in [1.165, 1.54) is 41.5 Å². The number of hydrogen-bond acceptors (Lipinski definition) is 42. The molecule has 0 aromatic carbocycles. The summed E-state index contributed by atoms with van der Waals surface area (Å²) in [5.41, 5.74) is 0. The maximum Gasteiger partial charge on any atom is 0.270 e. The van der Waals surface area contributed by atoms with Crippen LogP contribution in [0.25, 0.3) is 0 Å². The Morgan fingerprint density at radius 3 is 0.902 bits per heavy atom. The molecule has 0 bridgehead atoms. The van der Waals surface area contributed by atoms with Gasteiger partial charge in [0.15, 0.2) is 6.29 Å². The highest BCUT2D eigenvalue weighted by atomic mass is 31.2. The Morgan fingerprint density at radius 1 is 0.304 bits per heavy atom. The van der Waals surface area contributed by atoms with Crippen LogP contribution in [0.3, 0.4) is 0 Å². The molecular formula is C52H106O42P8-8. The van der Waals surface area contributed by atoms with Crippen LogP contribution in [0, 0.1) is 0 Å². The molecule has 0 amide bonds. The van der Waals surface area contributed by atoms with Gasteiger partial charge < -0.3 is 157 Å². The van der Waals surface area contributed by atoms with Crippen molar-refractivity contribution in [2.24, 2.45) is 0 Å². The second kappa shape index (κ2) is 54.2. The Balaban J connectivity index is 0.00000134. The molecule has 42 nitrogen and oxygen atoms in total. The fourth-order valence-electron chi connectivity index (χ4n) is 8.08. The number of unbranched alkanes of at least 4 members (excludes halogenated alkanes) is 11. The van der Waals surface area contributed by atoms with Crippen LogP contribution in [0.2, 0.25) is 0 Å². The molecular weight excluding hydrogens is 1540 g/mol. The molecule has 3 aliphatic rings. The third-order valence-corrected chi connectivity index (χ3v) is 21.0. The zero-order valence-electron chi connectivity index (χ0n) is 58.4. The van der Waals surface area contributed by atoms with Crippen molar-refractivity contribution in [2.45, 2.75) is 238 Å². The average Bonchev–Trinajstić information content (AvgIpc) is 1.68. The van der Waals surface area contributed by atoms with Crippen molar-refractivity contribution in [3.8, 4) is 0 Å². The van der Waals surface area contributed by atoms with Crippen molar-refractivity contribution < 1.29 is 198 Å². The summed E-state index contributed by atoms with van der Waals surface area (Å²) >= 11 is 0. The minimum atomic E-state index is -4.85. The number of aliphatic hydroxyl groups is 7. The van der Waals surface area contributed by atoms with E-state index >= 15 is 0 Å². The fraction of sp³-hybridized carbons (Fsp3) is 1.00. The van der Waals surface area contributed by atoms with Crippen LogP contribution in [-0.2, 0) is 123 Å². The molecule has 102 heavy (non-hydrogen) atoms. The Labute approximate surface area is 595 Å². The highest BCUT2D eigenvalue weighted by Gasteiger charge is 2.44. The van der Waals surface area contributed by atoms with Gasteiger partial charge in [-0.05, 0) is 107 Å². The molecule has 0 aliphatic carbocycles. The highest BCUT2D eigenvalue weighted by molar-refractivity contribution is 7.47. The summed E-state index contributed by atoms with van der Waals surface area (Å²) in [6, 6.07) is 0. The summed E-state index contributed by atoms with van der Waals surface area (Å²) in [4.78, 5) is 92.9. The largest absolute Gasteiger partial charge is 0.756 e. The summed E-state index contributed by atoms with van der Waals surface area (Å²) in [7, 11) is -37.0. The minimum Gasteiger partial charge on any atom is -0.756 e. The minimum absolute atomic E-state index is 0.0146. The maximum absolute atomic E-state index is 12.0. The van der Waals surface area contributed by atoms with Gasteiger partial charge in [-0.1, -0.05) is 51.4 Å². The van der Waals surface area contributed by atoms with Gasteiger partial charge in [0.05, 0.1) is 97.1 Å². The van der Waals surface area contributed by atoms with E-state index in [0.717, 1.165) is 51.4 Å². The van der Waals surface area contributed by atoms with Crippen molar-refractivity contribution >= 4 is 62.6 Å². The predicted molar refractivity (Wildman–Crippen MR) is 339 cm³/mol. The third kappa shape index (κ3) is 53.4. The van der Waals surface area contributed by atoms with Crippen molar-refractivity contribution in [3.63, 3.8) is 0 Å². The van der Waals surface area contributed by atoms with Crippen LogP contribution in [-0.4, -0.2) is 214 Å². The molecule has 0 aromatic rings. The van der Waals surface area contributed by atoms with Crippen LogP contribution in [0.4, 0.5) is 0 Å². The van der Waals surface area contributed by atoms with E-state index in [1.807, 2.05) is 0 Å². The molecule has 17 atom stereocenters. The summed E-state index contributed by atoms with van der Waals surface area (Å²) < 4.78 is 182. The lowest BCUT2D eigenvalue weighted by Gasteiger charge is -2.32. The molecule has 614 valence electrons. The fourth-order valence-corrected chi connectivity index (χ4v) is 15.5. The van der Waals surface area contributed by atoms with E-state index in [2.05, 4.69) is 54.3 Å². The Hall–Kier alpha value is 0.480. The molecule has 7 N–H and O–H groups in total. The SMILES string of the molecule is CC(C)OP(=O)([O-])OCCCOP(=O)([O-])OCCCCCCO.CC(C)OP(=O)([O-])OC[C@H]1OC[C@H](O)[C@@H]1OP(=O)([O-])OCCCCCCCCO.CC(C)OP(=O)([O-])OC[C@H]1OC[C@H](O)[C@@H]1OP(=O)([O-])OCCCCCCO.CC(C)OP(=O)([O-])O[C@H]1OC[C@H](O)[C@@H]1OP(=O)([O-])OCCCO. The van der Waals surface area contributed by atoms with E-state index in [-0.39, 0.29) is 92.1 Å². The molecule has 3 fully saturated rings. The molecule has 3 aliphatic heterocycles. The van der Waals surface area contributed by atoms with Crippen LogP contribution in [0.15, 0.2) is 0 Å². The number of aliphatic hydroxyl groups excluding tert-OH is 7. The molecule has 0 saturated carbocycles. The first kappa shape index (κ1) is 102. The summed E-state index contributed by atoms with van der Waals surface area (Å²) in [5, 5.41) is 63.9. The number of hydrogen-bond donors (Lipinski definition) is 7. The normalized spacial score (nSPS) is 25.5. The van der Waals surface area contributed by atoms with Gasteiger partial charge in [0.1, 0.15) is 48.8 Å². The monoisotopic (exact) mass is 1650 g/mol. The van der Waals surface area contributed by atoms with E-state index in [1.54, 1.807) is 13.8 Å². The first-order chi connectivity index (χ1) is 47.4. The van der Waals surface area contributed by atoms with Gasteiger partial charge in [0.2, 0.25) is 0 Å². The van der Waals surface area contributed by atoms with Crippen molar-refractivity contribution in [2.75, 3.05) is 99.1 Å². The number of ether oxygens (including phenoxy) is 3. The molecule has 50 heteroatoms. The second-order valence-corrected chi connectivity index (χ2v) is 34.2. The number of rotatable bonds is 55. The number of phosphoric acid groups is 8. The lowest BCUT2D eigenvalue weighted by Crippen LogP contribution is -2.37. The van der Waals surface area contributed by atoms with E-state index < -0.39 is 162 Å². The summed E-state index contributed by atoms with van der Waals surface area (Å²) in [6.07, 6.45) is -4.58. The van der Waals surface area contributed by atoms with Gasteiger partial charge >= 0.3 is 0 Å². The molecule has 0 aromatic heterocycles. The van der Waals surface area contributed by atoms with Gasteiger partial charge in [0.25, 0.3) is 62.6 Å². The Bertz CT molecular complexity index is 2580. The first-order valence-electron chi connectivity index (χ1n) is 32.8. The summed E-state index contributed by atoms with van der Waals surface area (Å²) in [5.74, 6) is 0. The van der Waals surface area contributed by atoms with Gasteiger partial charge in [-0.2, -0.15) is 0 Å². The van der Waals surface area contributed by atoms with E-state index in [9.17, 15) is 91.0 Å². The van der Waals surface area contributed by atoms with Gasteiger partial charge in [-0.15, -0.1) is 0 Å². The standard InChI is InChI=1S/C16H34O11P2.C14H30O11P2.C12H28O9P2.C10H22O11P2/c1-13(2)26-29(21,22)25-12-15-16(14(18)11-23-15)27-28(19,20)24-10-8-6-4-3-5-7-9-17;1-11(2)24-27(19,20)23-10-13-14(12(16)9-21-13)25-26(17,18)22-8-6-4-3-5-7-15;1-12(2)21-23(16,17)20-11-7-10-19-22(14,15)18-9-6-4-3-5-8-13;1-7(2)19-23(15,16)21-10-9(8(12)6-17-10)20-22(13,14)18-5-3-4-11/h13-18H,3-12H2,1-2H3,(H,19,20)(H,21,22);11-16H,3-10H2,1-2H3,(H,17,18)(H,19,20);12-13H,3-11H2,1-2H3,(H,14,15)(H,16,17);7-12H,3-6H2,1-2H3,(H,13,14)(H,15,16)/p-8/t14-,15+,16-;12-,13+,14-;;8-,9-,10+/m00.0/s1. The van der Waals surface area contributed by atoms with Crippen LogP contribution in [0.1, 0.15) is 158 Å². The maximum atomic E-state index is 12.0. The second-order valence-electron chi connectivity index (χ2n) is 23.3. The molecule has 3 saturated heterocycles. The number of phosphoric ester groups is 8. The molecule has 0 spiro atoms. The van der Waals surface area contributed by atoms with Crippen molar-refractivity contribution in [3.05, 3.63) is 0 Å². The van der Waals surface area contributed by atoms with Crippen LogP contribution >= 0.6 is 62.6 Å². The average molecular weight is 1650 g/mol. The van der Waals surface area contributed by atoms with Crippen LogP contribution in [0.5, 0.6) is 0 Å². The van der Waals surface area contributed by atoms with Gasteiger partial charge in [0, 0.05) is 26.4 Å². The third-order valence-electron chi connectivity index (χ3n) is 12.4. The van der Waals surface area contributed by atoms with Crippen LogP contribution < -0.4 is 39.1 Å². The topological polar surface area (TPSA) is 638 Å². The zero-order chi connectivity index (χ0) is 77.9. The van der Waals surface area contributed by atoms with Crippen molar-refractivity contribution in [1.29, 1.82) is 0 Å². The Morgan fingerprint density at radius 2 is 0.559 bits per heavy atom. The lowest BCUT2D eigenvalue weighted by molar-refractivity contribution is -0.258. The lowest BCUT2D eigenvalue weighted by atomic mass is 10.1. The van der Waals surface area contributed by atoms with E-state index in [4.69, 9.17) is 52.7 Å². The molecule has 3 heterocycles. The molecule has 3 rings (SSSR count). The molecule has 0 radical (unpaired) electrons. The zero-order valence-corrected chi connectivity index (χ0v) is 65.6. The van der Waals surface area contributed by atoms with Gasteiger partial charge in [-0.25, -0.2) is 0 Å². The van der Waals surface area contributed by atoms with Crippen molar-refractivity contribution in [1.82, 2.24) is 0 Å². The summed E-state index contributed by atoms with van der Waals surface area (Å²) in [6.45, 7) is 9.12. The molecule has 8 unspecified atom stereocenters. The van der Waals surface area contributed by atoms with Gasteiger partial charge in [-0.3, -0.25) is 41.0 Å². The smallest absolute Gasteiger partial charge is 0.270 e. The first-order valence-corrected chi connectivity index (χ1v) is 44.5. The quantitative estimate of drug-likeness (QED) is 0.0332. The Kier molecular flexibility index (Phi) is 54.5.